The zero-order valence-corrected chi connectivity index (χ0v) is 12.2. The van der Waals surface area contributed by atoms with Crippen molar-refractivity contribution in [3.05, 3.63) is 29.3 Å². The SMILES string of the molecule is COc1ccc(C)cc1C12CCC(CN)(CC1)CC2. The van der Waals surface area contributed by atoms with Gasteiger partial charge in [0, 0.05) is 5.56 Å². The number of rotatable bonds is 3. The number of nitrogens with two attached hydrogens (primary N) is 1. The summed E-state index contributed by atoms with van der Waals surface area (Å²) in [6, 6.07) is 6.63. The molecule has 0 atom stereocenters. The fourth-order valence-corrected chi connectivity index (χ4v) is 4.21. The summed E-state index contributed by atoms with van der Waals surface area (Å²) in [5.41, 5.74) is 9.61. The van der Waals surface area contributed by atoms with Crippen LogP contribution in [0.25, 0.3) is 0 Å². The van der Waals surface area contributed by atoms with Crippen LogP contribution >= 0.6 is 0 Å². The Morgan fingerprint density at radius 1 is 1.11 bits per heavy atom. The van der Waals surface area contributed by atoms with Gasteiger partial charge in [0.05, 0.1) is 7.11 Å². The van der Waals surface area contributed by atoms with E-state index in [0.717, 1.165) is 12.3 Å². The molecule has 3 aliphatic carbocycles. The molecule has 19 heavy (non-hydrogen) atoms. The van der Waals surface area contributed by atoms with Crippen molar-refractivity contribution < 1.29 is 4.74 Å². The number of methoxy groups -OCH3 is 1. The summed E-state index contributed by atoms with van der Waals surface area (Å²) in [7, 11) is 1.79. The lowest BCUT2D eigenvalue weighted by molar-refractivity contribution is 0.0458. The van der Waals surface area contributed by atoms with E-state index in [1.54, 1.807) is 7.11 Å². The molecule has 4 rings (SSSR count). The predicted molar refractivity (Wildman–Crippen MR) is 78.6 cm³/mol. The minimum atomic E-state index is 0.355. The molecule has 0 aliphatic heterocycles. The number of ether oxygens (including phenoxy) is 1. The highest BCUT2D eigenvalue weighted by molar-refractivity contribution is 5.43. The largest absolute Gasteiger partial charge is 0.496 e. The number of fused-ring (bicyclic) bond motifs is 3. The summed E-state index contributed by atoms with van der Waals surface area (Å²) in [6.07, 6.45) is 7.72. The minimum absolute atomic E-state index is 0.355. The van der Waals surface area contributed by atoms with Gasteiger partial charge in [0.2, 0.25) is 0 Å². The van der Waals surface area contributed by atoms with Gasteiger partial charge in [-0.05, 0) is 68.9 Å². The summed E-state index contributed by atoms with van der Waals surface area (Å²) in [5.74, 6) is 1.08. The number of aryl methyl sites for hydroxylation is 1. The second-order valence-electron chi connectivity index (χ2n) is 6.69. The molecule has 3 aliphatic rings. The van der Waals surface area contributed by atoms with Crippen molar-refractivity contribution in [1.29, 1.82) is 0 Å². The highest BCUT2D eigenvalue weighted by atomic mass is 16.5. The first-order valence-electron chi connectivity index (χ1n) is 7.48. The van der Waals surface area contributed by atoms with Gasteiger partial charge in [-0.15, -0.1) is 0 Å². The second kappa shape index (κ2) is 4.52. The van der Waals surface area contributed by atoms with Gasteiger partial charge < -0.3 is 10.5 Å². The lowest BCUT2D eigenvalue weighted by atomic mass is 9.52. The summed E-state index contributed by atoms with van der Waals surface area (Å²) in [4.78, 5) is 0. The maximum atomic E-state index is 6.01. The predicted octanol–water partition coefficient (Wildman–Crippen LogP) is 3.55. The van der Waals surface area contributed by atoms with Crippen LogP contribution in [0.2, 0.25) is 0 Å². The van der Waals surface area contributed by atoms with Gasteiger partial charge in [-0.2, -0.15) is 0 Å². The molecule has 1 aromatic rings. The van der Waals surface area contributed by atoms with E-state index in [9.17, 15) is 0 Å². The molecule has 2 nitrogen and oxygen atoms in total. The standard InChI is InChI=1S/C17H25NO/c1-13-3-4-15(19-2)14(11-13)17-8-5-16(12-18,6-9-17)7-10-17/h3-4,11H,5-10,12,18H2,1-2H3. The van der Waals surface area contributed by atoms with Crippen LogP contribution in [0.4, 0.5) is 0 Å². The van der Waals surface area contributed by atoms with E-state index in [0.29, 0.717) is 10.8 Å². The summed E-state index contributed by atoms with van der Waals surface area (Å²) >= 11 is 0. The van der Waals surface area contributed by atoms with Crippen molar-refractivity contribution in [1.82, 2.24) is 0 Å². The molecule has 3 fully saturated rings. The van der Waals surface area contributed by atoms with E-state index in [2.05, 4.69) is 25.1 Å². The van der Waals surface area contributed by atoms with Gasteiger partial charge in [-0.25, -0.2) is 0 Å². The molecular formula is C17H25NO. The lowest BCUT2D eigenvalue weighted by Crippen LogP contribution is -2.47. The van der Waals surface area contributed by atoms with Crippen LogP contribution in [0.15, 0.2) is 18.2 Å². The normalized spacial score (nSPS) is 33.4. The van der Waals surface area contributed by atoms with Gasteiger partial charge in [-0.3, -0.25) is 0 Å². The van der Waals surface area contributed by atoms with Crippen molar-refractivity contribution >= 4 is 0 Å². The molecule has 0 aromatic heterocycles. The Labute approximate surface area is 116 Å². The first kappa shape index (κ1) is 13.0. The van der Waals surface area contributed by atoms with Crippen LogP contribution in [0.5, 0.6) is 5.75 Å². The van der Waals surface area contributed by atoms with Gasteiger partial charge >= 0.3 is 0 Å². The van der Waals surface area contributed by atoms with Crippen LogP contribution < -0.4 is 10.5 Å². The molecule has 1 aromatic carbocycles. The third-order valence-corrected chi connectivity index (χ3v) is 5.76. The Morgan fingerprint density at radius 2 is 1.74 bits per heavy atom. The first-order chi connectivity index (χ1) is 9.13. The zero-order chi connectivity index (χ0) is 13.5. The summed E-state index contributed by atoms with van der Waals surface area (Å²) in [5, 5.41) is 0. The summed E-state index contributed by atoms with van der Waals surface area (Å²) in [6.45, 7) is 3.05. The van der Waals surface area contributed by atoms with Gasteiger partial charge in [0.1, 0.15) is 5.75 Å². The smallest absolute Gasteiger partial charge is 0.122 e. The number of benzene rings is 1. The molecule has 0 spiro atoms. The van der Waals surface area contributed by atoms with E-state index >= 15 is 0 Å². The lowest BCUT2D eigenvalue weighted by Gasteiger charge is -2.53. The van der Waals surface area contributed by atoms with Crippen LogP contribution in [0.3, 0.4) is 0 Å². The van der Waals surface area contributed by atoms with E-state index in [1.165, 1.54) is 49.7 Å². The average molecular weight is 259 g/mol. The first-order valence-corrected chi connectivity index (χ1v) is 7.48. The minimum Gasteiger partial charge on any atom is -0.496 e. The zero-order valence-electron chi connectivity index (χ0n) is 12.2. The molecular weight excluding hydrogens is 234 g/mol. The van der Waals surface area contributed by atoms with E-state index in [4.69, 9.17) is 10.5 Å². The van der Waals surface area contributed by atoms with Crippen molar-refractivity contribution in [2.75, 3.05) is 13.7 Å². The topological polar surface area (TPSA) is 35.2 Å². The summed E-state index contributed by atoms with van der Waals surface area (Å²) < 4.78 is 5.62. The third kappa shape index (κ3) is 1.97. The molecule has 2 bridgehead atoms. The van der Waals surface area contributed by atoms with E-state index in [1.807, 2.05) is 0 Å². The Morgan fingerprint density at radius 3 is 2.26 bits per heavy atom. The monoisotopic (exact) mass is 259 g/mol. The van der Waals surface area contributed by atoms with Crippen LogP contribution in [-0.4, -0.2) is 13.7 Å². The molecule has 0 radical (unpaired) electrons. The quantitative estimate of drug-likeness (QED) is 0.901. The molecule has 0 heterocycles. The Balaban J connectivity index is 1.97. The number of hydrogen-bond donors (Lipinski definition) is 1. The highest BCUT2D eigenvalue weighted by Crippen LogP contribution is 2.58. The molecule has 0 amide bonds. The maximum Gasteiger partial charge on any atom is 0.122 e. The van der Waals surface area contributed by atoms with E-state index < -0.39 is 0 Å². The average Bonchev–Trinajstić information content (AvgIpc) is 2.49. The van der Waals surface area contributed by atoms with Gasteiger partial charge in [0.15, 0.2) is 0 Å². The number of hydrogen-bond acceptors (Lipinski definition) is 2. The van der Waals surface area contributed by atoms with Crippen LogP contribution in [0.1, 0.15) is 49.7 Å². The van der Waals surface area contributed by atoms with Gasteiger partial charge in [-0.1, -0.05) is 17.7 Å². The van der Waals surface area contributed by atoms with Crippen LogP contribution in [0, 0.1) is 12.3 Å². The van der Waals surface area contributed by atoms with Crippen molar-refractivity contribution in [3.8, 4) is 5.75 Å². The second-order valence-corrected chi connectivity index (χ2v) is 6.69. The van der Waals surface area contributed by atoms with Crippen LogP contribution in [-0.2, 0) is 5.41 Å². The van der Waals surface area contributed by atoms with Crippen molar-refractivity contribution in [2.24, 2.45) is 11.1 Å². The van der Waals surface area contributed by atoms with Crippen molar-refractivity contribution in [3.63, 3.8) is 0 Å². The van der Waals surface area contributed by atoms with Crippen molar-refractivity contribution in [2.45, 2.75) is 50.9 Å². The maximum absolute atomic E-state index is 6.01. The molecule has 0 unspecified atom stereocenters. The fraction of sp³-hybridized carbons (Fsp3) is 0.647. The van der Waals surface area contributed by atoms with E-state index in [-0.39, 0.29) is 0 Å². The molecule has 3 saturated carbocycles. The highest BCUT2D eigenvalue weighted by Gasteiger charge is 2.49. The Bertz CT molecular complexity index is 456. The third-order valence-electron chi connectivity index (χ3n) is 5.76. The Hall–Kier alpha value is -1.02. The molecule has 104 valence electrons. The molecule has 2 N–H and O–H groups in total. The van der Waals surface area contributed by atoms with Gasteiger partial charge in [0.25, 0.3) is 0 Å². The Kier molecular flexibility index (Phi) is 3.09. The fourth-order valence-electron chi connectivity index (χ4n) is 4.21. The molecule has 0 saturated heterocycles. The molecule has 2 heteroatoms.